The first-order valence-electron chi connectivity index (χ1n) is 5.46. The predicted octanol–water partition coefficient (Wildman–Crippen LogP) is 2.61. The summed E-state index contributed by atoms with van der Waals surface area (Å²) in [7, 11) is 1.79. The average Bonchev–Trinajstić information content (AvgIpc) is 2.74. The van der Waals surface area contributed by atoms with Crippen molar-refractivity contribution in [3.8, 4) is 0 Å². The quantitative estimate of drug-likeness (QED) is 0.800. The van der Waals surface area contributed by atoms with Crippen molar-refractivity contribution in [1.82, 2.24) is 5.32 Å². The molecule has 1 atom stereocenters. The molecule has 0 saturated heterocycles. The van der Waals surface area contributed by atoms with E-state index in [0.29, 0.717) is 5.76 Å². The lowest BCUT2D eigenvalue weighted by Gasteiger charge is -2.09. The van der Waals surface area contributed by atoms with E-state index in [0.717, 1.165) is 17.4 Å². The topological polar surface area (TPSA) is 42.2 Å². The number of carbonyl (C=O) groups is 1. The summed E-state index contributed by atoms with van der Waals surface area (Å²) in [5.74, 6) is 0.448. The van der Waals surface area contributed by atoms with Gasteiger partial charge in [0.05, 0.1) is 6.04 Å². The van der Waals surface area contributed by atoms with Crippen LogP contribution in [0.2, 0.25) is 0 Å². The van der Waals surface area contributed by atoms with E-state index in [4.69, 9.17) is 4.42 Å². The van der Waals surface area contributed by atoms with Gasteiger partial charge in [-0.25, -0.2) is 0 Å². The Balaban J connectivity index is 2.36. The minimum absolute atomic E-state index is 0.0150. The van der Waals surface area contributed by atoms with Crippen molar-refractivity contribution in [2.24, 2.45) is 0 Å². The fraction of sp³-hybridized carbons (Fsp3) is 0.308. The highest BCUT2D eigenvalue weighted by molar-refractivity contribution is 6.00. The van der Waals surface area contributed by atoms with Gasteiger partial charge in [0.2, 0.25) is 5.78 Å². The molecule has 0 bridgehead atoms. The first-order valence-corrected chi connectivity index (χ1v) is 5.46. The van der Waals surface area contributed by atoms with Gasteiger partial charge in [-0.1, -0.05) is 25.1 Å². The predicted molar refractivity (Wildman–Crippen MR) is 63.7 cm³/mol. The molecule has 2 rings (SSSR count). The second kappa shape index (κ2) is 4.49. The molecule has 0 aliphatic heterocycles. The standard InChI is InChI=1S/C13H15NO2/c1-3-10(14-2)13(15)12-8-9-6-4-5-7-11(9)16-12/h4-8,10,14H,3H2,1-2H3/t10-/m1/s1. The fourth-order valence-corrected chi connectivity index (χ4v) is 1.80. The SMILES string of the molecule is CC[C@@H](NC)C(=O)c1cc2ccccc2o1. The van der Waals surface area contributed by atoms with E-state index in [-0.39, 0.29) is 11.8 Å². The summed E-state index contributed by atoms with van der Waals surface area (Å²) < 4.78 is 5.52. The Kier molecular flexibility index (Phi) is 3.06. The molecular weight excluding hydrogens is 202 g/mol. The Labute approximate surface area is 94.4 Å². The molecular formula is C13H15NO2. The Bertz CT molecular complexity index is 464. The van der Waals surface area contributed by atoms with E-state index in [1.54, 1.807) is 13.1 Å². The zero-order valence-corrected chi connectivity index (χ0v) is 9.49. The Hall–Kier alpha value is -1.61. The summed E-state index contributed by atoms with van der Waals surface area (Å²) in [6.45, 7) is 1.97. The van der Waals surface area contributed by atoms with Crippen LogP contribution in [0.3, 0.4) is 0 Å². The highest BCUT2D eigenvalue weighted by atomic mass is 16.3. The maximum absolute atomic E-state index is 12.0. The first-order chi connectivity index (χ1) is 7.76. The van der Waals surface area contributed by atoms with E-state index in [9.17, 15) is 4.79 Å². The molecule has 1 aromatic carbocycles. The van der Waals surface area contributed by atoms with E-state index in [2.05, 4.69) is 5.32 Å². The number of benzene rings is 1. The summed E-state index contributed by atoms with van der Waals surface area (Å²) in [4.78, 5) is 12.0. The van der Waals surface area contributed by atoms with Gasteiger partial charge in [0.15, 0.2) is 5.76 Å². The Morgan fingerprint density at radius 2 is 2.19 bits per heavy atom. The number of ketones is 1. The number of carbonyl (C=O) groups excluding carboxylic acids is 1. The van der Waals surface area contributed by atoms with Gasteiger partial charge in [-0.2, -0.15) is 0 Å². The lowest BCUT2D eigenvalue weighted by Crippen LogP contribution is -2.32. The minimum Gasteiger partial charge on any atom is -0.453 e. The first kappa shape index (κ1) is 10.9. The highest BCUT2D eigenvalue weighted by Gasteiger charge is 2.19. The number of hydrogen-bond acceptors (Lipinski definition) is 3. The van der Waals surface area contributed by atoms with Crippen molar-refractivity contribution >= 4 is 16.8 Å². The molecule has 1 aromatic heterocycles. The summed E-state index contributed by atoms with van der Waals surface area (Å²) in [6, 6.07) is 9.28. The third kappa shape index (κ3) is 1.86. The molecule has 3 nitrogen and oxygen atoms in total. The van der Waals surface area contributed by atoms with Gasteiger partial charge in [-0.3, -0.25) is 4.79 Å². The van der Waals surface area contributed by atoms with E-state index >= 15 is 0 Å². The van der Waals surface area contributed by atoms with Gasteiger partial charge in [0.1, 0.15) is 5.58 Å². The van der Waals surface area contributed by atoms with Crippen LogP contribution < -0.4 is 5.32 Å². The molecule has 0 fully saturated rings. The smallest absolute Gasteiger partial charge is 0.214 e. The minimum atomic E-state index is -0.166. The molecule has 0 unspecified atom stereocenters. The van der Waals surface area contributed by atoms with E-state index in [1.807, 2.05) is 31.2 Å². The van der Waals surface area contributed by atoms with E-state index in [1.165, 1.54) is 0 Å². The van der Waals surface area contributed by atoms with Crippen LogP contribution in [0.4, 0.5) is 0 Å². The molecule has 0 radical (unpaired) electrons. The maximum Gasteiger partial charge on any atom is 0.214 e. The maximum atomic E-state index is 12.0. The number of fused-ring (bicyclic) bond motifs is 1. The largest absolute Gasteiger partial charge is 0.453 e. The molecule has 1 heterocycles. The van der Waals surface area contributed by atoms with Gasteiger partial charge in [-0.05, 0) is 25.6 Å². The van der Waals surface area contributed by atoms with Crippen LogP contribution in [0.15, 0.2) is 34.7 Å². The molecule has 0 saturated carbocycles. The fourth-order valence-electron chi connectivity index (χ4n) is 1.80. The van der Waals surface area contributed by atoms with Gasteiger partial charge < -0.3 is 9.73 Å². The Morgan fingerprint density at radius 1 is 1.44 bits per heavy atom. The normalized spacial score (nSPS) is 12.9. The van der Waals surface area contributed by atoms with Crippen LogP contribution >= 0.6 is 0 Å². The average molecular weight is 217 g/mol. The molecule has 0 aliphatic carbocycles. The van der Waals surface area contributed by atoms with Gasteiger partial charge >= 0.3 is 0 Å². The molecule has 84 valence electrons. The second-order valence-corrected chi connectivity index (χ2v) is 3.76. The van der Waals surface area contributed by atoms with Crippen molar-refractivity contribution in [2.45, 2.75) is 19.4 Å². The third-order valence-electron chi connectivity index (χ3n) is 2.74. The van der Waals surface area contributed by atoms with Crippen LogP contribution in [-0.4, -0.2) is 18.9 Å². The zero-order chi connectivity index (χ0) is 11.5. The van der Waals surface area contributed by atoms with Crippen LogP contribution in [0.25, 0.3) is 11.0 Å². The van der Waals surface area contributed by atoms with E-state index < -0.39 is 0 Å². The van der Waals surface area contributed by atoms with Crippen LogP contribution in [-0.2, 0) is 0 Å². The summed E-state index contributed by atoms with van der Waals surface area (Å²) in [5.41, 5.74) is 0.761. The number of likely N-dealkylation sites (N-methyl/N-ethyl adjacent to an activating group) is 1. The number of nitrogens with one attached hydrogen (secondary N) is 1. The number of rotatable bonds is 4. The Morgan fingerprint density at radius 3 is 2.81 bits per heavy atom. The summed E-state index contributed by atoms with van der Waals surface area (Å²) in [5, 5.41) is 3.95. The summed E-state index contributed by atoms with van der Waals surface area (Å²) >= 11 is 0. The number of para-hydroxylation sites is 1. The number of hydrogen-bond donors (Lipinski definition) is 1. The highest BCUT2D eigenvalue weighted by Crippen LogP contribution is 2.20. The molecule has 2 aromatic rings. The molecule has 0 aliphatic rings. The van der Waals surface area contributed by atoms with Crippen LogP contribution in [0.5, 0.6) is 0 Å². The molecule has 16 heavy (non-hydrogen) atoms. The lowest BCUT2D eigenvalue weighted by atomic mass is 10.1. The molecule has 1 N–H and O–H groups in total. The zero-order valence-electron chi connectivity index (χ0n) is 9.49. The second-order valence-electron chi connectivity index (χ2n) is 3.76. The van der Waals surface area contributed by atoms with Crippen molar-refractivity contribution in [3.63, 3.8) is 0 Å². The number of furan rings is 1. The van der Waals surface area contributed by atoms with Gasteiger partial charge in [0, 0.05) is 5.39 Å². The van der Waals surface area contributed by atoms with Crippen molar-refractivity contribution < 1.29 is 9.21 Å². The van der Waals surface area contributed by atoms with Crippen molar-refractivity contribution in [1.29, 1.82) is 0 Å². The van der Waals surface area contributed by atoms with Crippen LogP contribution in [0, 0.1) is 0 Å². The van der Waals surface area contributed by atoms with Gasteiger partial charge in [-0.15, -0.1) is 0 Å². The molecule has 0 spiro atoms. The van der Waals surface area contributed by atoms with Crippen molar-refractivity contribution in [3.05, 3.63) is 36.1 Å². The lowest BCUT2D eigenvalue weighted by molar-refractivity contribution is 0.0919. The monoisotopic (exact) mass is 217 g/mol. The number of Topliss-reactive ketones (excluding diaryl/α,β-unsaturated/α-hetero) is 1. The van der Waals surface area contributed by atoms with Crippen LogP contribution in [0.1, 0.15) is 23.9 Å². The third-order valence-corrected chi connectivity index (χ3v) is 2.74. The van der Waals surface area contributed by atoms with Crippen molar-refractivity contribution in [2.75, 3.05) is 7.05 Å². The molecule has 3 heteroatoms. The molecule has 0 amide bonds. The van der Waals surface area contributed by atoms with Gasteiger partial charge in [0.25, 0.3) is 0 Å². The summed E-state index contributed by atoms with van der Waals surface area (Å²) in [6.07, 6.45) is 0.756.